The zero-order valence-corrected chi connectivity index (χ0v) is 12.3. The third-order valence-corrected chi connectivity index (χ3v) is 3.27. The van der Waals surface area contributed by atoms with Crippen molar-refractivity contribution in [1.29, 1.82) is 0 Å². The fourth-order valence-electron chi connectivity index (χ4n) is 2.07. The number of aryl methyl sites for hydroxylation is 1. The Labute approximate surface area is 129 Å². The van der Waals surface area contributed by atoms with Crippen molar-refractivity contribution >= 4 is 17.3 Å². The van der Waals surface area contributed by atoms with E-state index in [1.165, 1.54) is 5.56 Å². The number of rotatable bonds is 5. The van der Waals surface area contributed by atoms with Crippen LogP contribution in [0.2, 0.25) is 0 Å². The lowest BCUT2D eigenvalue weighted by Gasteiger charge is -2.10. The largest absolute Gasteiger partial charge is 0.366 e. The van der Waals surface area contributed by atoms with Crippen LogP contribution >= 0.6 is 0 Å². The average Bonchev–Trinajstić information content (AvgIpc) is 2.57. The molecule has 0 fully saturated rings. The van der Waals surface area contributed by atoms with E-state index >= 15 is 0 Å². The topological polar surface area (TPSA) is 62.7 Å². The smallest absolute Gasteiger partial charge is 0.135 e. The van der Waals surface area contributed by atoms with E-state index in [-0.39, 0.29) is 0 Å². The summed E-state index contributed by atoms with van der Waals surface area (Å²) in [7, 11) is 0. The first-order chi connectivity index (χ1) is 10.8. The standard InChI is InChI=1S/C17H17N5/c1-13-5-2-3-7-15(13)22-17-9-16(20-12-21-17)19-11-14-6-4-8-18-10-14/h2-10,12H,11H2,1H3,(H2,19,20,21,22). The molecule has 2 heterocycles. The summed E-state index contributed by atoms with van der Waals surface area (Å²) in [6.45, 7) is 2.74. The van der Waals surface area contributed by atoms with Gasteiger partial charge in [-0.1, -0.05) is 24.3 Å². The summed E-state index contributed by atoms with van der Waals surface area (Å²) in [4.78, 5) is 12.6. The molecule has 22 heavy (non-hydrogen) atoms. The molecule has 5 heteroatoms. The van der Waals surface area contributed by atoms with Crippen molar-refractivity contribution in [3.8, 4) is 0 Å². The molecule has 0 amide bonds. The SMILES string of the molecule is Cc1ccccc1Nc1cc(NCc2cccnc2)ncn1. The lowest BCUT2D eigenvalue weighted by molar-refractivity contribution is 1.07. The highest BCUT2D eigenvalue weighted by molar-refractivity contribution is 5.61. The predicted molar refractivity (Wildman–Crippen MR) is 88.1 cm³/mol. The minimum Gasteiger partial charge on any atom is -0.366 e. The number of nitrogens with zero attached hydrogens (tertiary/aromatic N) is 3. The van der Waals surface area contributed by atoms with Crippen LogP contribution in [0.3, 0.4) is 0 Å². The van der Waals surface area contributed by atoms with Gasteiger partial charge in [-0.05, 0) is 30.2 Å². The van der Waals surface area contributed by atoms with Crippen LogP contribution in [0.4, 0.5) is 17.3 Å². The molecule has 3 rings (SSSR count). The molecule has 0 atom stereocenters. The van der Waals surface area contributed by atoms with Gasteiger partial charge < -0.3 is 10.6 Å². The molecule has 2 aromatic heterocycles. The van der Waals surface area contributed by atoms with Crippen molar-refractivity contribution in [2.24, 2.45) is 0 Å². The van der Waals surface area contributed by atoms with Gasteiger partial charge in [-0.25, -0.2) is 9.97 Å². The van der Waals surface area contributed by atoms with Crippen molar-refractivity contribution in [2.45, 2.75) is 13.5 Å². The summed E-state index contributed by atoms with van der Waals surface area (Å²) >= 11 is 0. The zero-order valence-electron chi connectivity index (χ0n) is 12.3. The molecule has 0 spiro atoms. The molecule has 1 aromatic carbocycles. The summed E-state index contributed by atoms with van der Waals surface area (Å²) in [5.41, 5.74) is 3.32. The first kappa shape index (κ1) is 14.0. The van der Waals surface area contributed by atoms with E-state index < -0.39 is 0 Å². The monoisotopic (exact) mass is 291 g/mol. The highest BCUT2D eigenvalue weighted by atomic mass is 15.1. The number of pyridine rings is 1. The summed E-state index contributed by atoms with van der Waals surface area (Å²) in [5, 5.41) is 6.58. The molecule has 0 aliphatic carbocycles. The number of benzene rings is 1. The summed E-state index contributed by atoms with van der Waals surface area (Å²) in [6, 6.07) is 13.9. The van der Waals surface area contributed by atoms with Crippen LogP contribution in [-0.4, -0.2) is 15.0 Å². The number of aromatic nitrogens is 3. The van der Waals surface area contributed by atoms with Crippen LogP contribution in [0.1, 0.15) is 11.1 Å². The van der Waals surface area contributed by atoms with Crippen LogP contribution in [-0.2, 0) is 6.54 Å². The fourth-order valence-corrected chi connectivity index (χ4v) is 2.07. The maximum atomic E-state index is 4.26. The van der Waals surface area contributed by atoms with Gasteiger partial charge in [-0.2, -0.15) is 0 Å². The highest BCUT2D eigenvalue weighted by Gasteiger charge is 2.01. The van der Waals surface area contributed by atoms with Crippen molar-refractivity contribution in [3.63, 3.8) is 0 Å². The number of para-hydroxylation sites is 1. The van der Waals surface area contributed by atoms with Gasteiger partial charge in [0, 0.05) is 30.7 Å². The maximum Gasteiger partial charge on any atom is 0.135 e. The van der Waals surface area contributed by atoms with Gasteiger partial charge in [0.15, 0.2) is 0 Å². The van der Waals surface area contributed by atoms with Crippen molar-refractivity contribution < 1.29 is 0 Å². The van der Waals surface area contributed by atoms with Gasteiger partial charge in [-0.3, -0.25) is 4.98 Å². The van der Waals surface area contributed by atoms with Gasteiger partial charge in [0.25, 0.3) is 0 Å². The quantitative estimate of drug-likeness (QED) is 0.753. The van der Waals surface area contributed by atoms with E-state index in [2.05, 4.69) is 38.6 Å². The molecule has 0 bridgehead atoms. The Hall–Kier alpha value is -2.95. The van der Waals surface area contributed by atoms with E-state index in [4.69, 9.17) is 0 Å². The molecule has 0 saturated carbocycles. The normalized spacial score (nSPS) is 10.2. The van der Waals surface area contributed by atoms with Gasteiger partial charge in [0.05, 0.1) is 0 Å². The molecule has 110 valence electrons. The van der Waals surface area contributed by atoms with Gasteiger partial charge in [0.1, 0.15) is 18.0 Å². The second-order valence-corrected chi connectivity index (χ2v) is 4.94. The van der Waals surface area contributed by atoms with Crippen LogP contribution in [0.25, 0.3) is 0 Å². The molecule has 0 aliphatic heterocycles. The van der Waals surface area contributed by atoms with Crippen molar-refractivity contribution in [2.75, 3.05) is 10.6 Å². The van der Waals surface area contributed by atoms with Crippen LogP contribution < -0.4 is 10.6 Å². The van der Waals surface area contributed by atoms with Gasteiger partial charge >= 0.3 is 0 Å². The Morgan fingerprint density at radius 3 is 2.68 bits per heavy atom. The number of hydrogen-bond acceptors (Lipinski definition) is 5. The van der Waals surface area contributed by atoms with Crippen LogP contribution in [0, 0.1) is 6.92 Å². The second-order valence-electron chi connectivity index (χ2n) is 4.94. The first-order valence-electron chi connectivity index (χ1n) is 7.09. The van der Waals surface area contributed by atoms with E-state index in [1.807, 2.05) is 42.6 Å². The molecular weight excluding hydrogens is 274 g/mol. The molecular formula is C17H17N5. The van der Waals surface area contributed by atoms with E-state index in [0.717, 1.165) is 22.9 Å². The third kappa shape index (κ3) is 3.58. The third-order valence-electron chi connectivity index (χ3n) is 3.27. The molecule has 0 aliphatic rings. The first-order valence-corrected chi connectivity index (χ1v) is 7.09. The summed E-state index contributed by atoms with van der Waals surface area (Å²) in [6.07, 6.45) is 5.14. The fraction of sp³-hybridized carbons (Fsp3) is 0.118. The van der Waals surface area contributed by atoms with Crippen LogP contribution in [0.15, 0.2) is 61.2 Å². The van der Waals surface area contributed by atoms with E-state index in [9.17, 15) is 0 Å². The number of hydrogen-bond donors (Lipinski definition) is 2. The molecule has 0 radical (unpaired) electrons. The van der Waals surface area contributed by atoms with Crippen molar-refractivity contribution in [3.05, 3.63) is 72.3 Å². The number of nitrogens with one attached hydrogen (secondary N) is 2. The van der Waals surface area contributed by atoms with Gasteiger partial charge in [0.2, 0.25) is 0 Å². The lowest BCUT2D eigenvalue weighted by Crippen LogP contribution is -2.03. The Kier molecular flexibility index (Phi) is 4.25. The molecule has 0 unspecified atom stereocenters. The minimum atomic E-state index is 0.675. The van der Waals surface area contributed by atoms with E-state index in [0.29, 0.717) is 6.54 Å². The molecule has 5 nitrogen and oxygen atoms in total. The Bertz CT molecular complexity index is 743. The lowest BCUT2D eigenvalue weighted by atomic mass is 10.2. The Balaban J connectivity index is 1.69. The Morgan fingerprint density at radius 1 is 1.00 bits per heavy atom. The average molecular weight is 291 g/mol. The maximum absolute atomic E-state index is 4.26. The Morgan fingerprint density at radius 2 is 1.86 bits per heavy atom. The summed E-state index contributed by atoms with van der Waals surface area (Å²) in [5.74, 6) is 1.54. The predicted octanol–water partition coefficient (Wildman–Crippen LogP) is 3.54. The minimum absolute atomic E-state index is 0.675. The second kappa shape index (κ2) is 6.67. The zero-order chi connectivity index (χ0) is 15.2. The van der Waals surface area contributed by atoms with Gasteiger partial charge in [-0.15, -0.1) is 0 Å². The molecule has 2 N–H and O–H groups in total. The molecule has 3 aromatic rings. The van der Waals surface area contributed by atoms with E-state index in [1.54, 1.807) is 12.5 Å². The number of anilines is 3. The molecule has 0 saturated heterocycles. The highest BCUT2D eigenvalue weighted by Crippen LogP contribution is 2.19. The van der Waals surface area contributed by atoms with Crippen molar-refractivity contribution in [1.82, 2.24) is 15.0 Å². The summed E-state index contributed by atoms with van der Waals surface area (Å²) < 4.78 is 0. The van der Waals surface area contributed by atoms with Crippen LogP contribution in [0.5, 0.6) is 0 Å².